The number of carbonyl (C=O) groups excluding carboxylic acids is 2. The first-order valence-corrected chi connectivity index (χ1v) is 14.9. The number of para-hydroxylation sites is 1. The number of anilines is 1. The van der Waals surface area contributed by atoms with Crippen molar-refractivity contribution in [3.8, 4) is 17.2 Å². The van der Waals surface area contributed by atoms with Gasteiger partial charge in [0.2, 0.25) is 18.6 Å². The first-order chi connectivity index (χ1) is 20.2. The van der Waals surface area contributed by atoms with Gasteiger partial charge in [-0.1, -0.05) is 45.0 Å². The summed E-state index contributed by atoms with van der Waals surface area (Å²) in [6.45, 7) is 8.78. The number of nitrogens with one attached hydrogen (secondary N) is 1. The van der Waals surface area contributed by atoms with Gasteiger partial charge in [0.15, 0.2) is 11.5 Å². The number of hydrogen-bond donors (Lipinski definition) is 1. The van der Waals surface area contributed by atoms with Crippen molar-refractivity contribution in [1.82, 2.24) is 20.1 Å². The van der Waals surface area contributed by atoms with Gasteiger partial charge in [0.05, 0.1) is 22.4 Å². The Hall–Kier alpha value is -4.31. The van der Waals surface area contributed by atoms with E-state index in [0.29, 0.717) is 23.9 Å². The summed E-state index contributed by atoms with van der Waals surface area (Å²) in [5, 5.41) is 7.93. The Bertz CT molecular complexity index is 1650. The zero-order valence-electron chi connectivity index (χ0n) is 24.1. The first kappa shape index (κ1) is 27.8. The highest BCUT2D eigenvalue weighted by Gasteiger charge is 2.40. The summed E-state index contributed by atoms with van der Waals surface area (Å²) in [5.74, 6) is 1.79. The van der Waals surface area contributed by atoms with E-state index in [0.717, 1.165) is 33.6 Å². The monoisotopic (exact) mass is 583 g/mol. The molecule has 9 nitrogen and oxygen atoms in total. The summed E-state index contributed by atoms with van der Waals surface area (Å²) in [6, 6.07) is 17.6. The minimum Gasteiger partial charge on any atom is -0.454 e. The summed E-state index contributed by atoms with van der Waals surface area (Å²) >= 11 is 1.54. The number of thioether (sulfide) groups is 1. The van der Waals surface area contributed by atoms with E-state index in [1.165, 1.54) is 11.8 Å². The smallest absolute Gasteiger partial charge is 0.240 e. The van der Waals surface area contributed by atoms with Gasteiger partial charge in [0.25, 0.3) is 0 Å². The Morgan fingerprint density at radius 2 is 1.83 bits per heavy atom. The Balaban J connectivity index is 1.49. The Kier molecular flexibility index (Phi) is 7.40. The predicted octanol–water partition coefficient (Wildman–Crippen LogP) is 5.09. The number of aryl methyl sites for hydroxylation is 1. The van der Waals surface area contributed by atoms with E-state index in [2.05, 4.69) is 31.1 Å². The average Bonchev–Trinajstić information content (AvgIpc) is 3.58. The van der Waals surface area contributed by atoms with Crippen molar-refractivity contribution in [2.24, 2.45) is 0 Å². The predicted molar refractivity (Wildman–Crippen MR) is 162 cm³/mol. The number of ether oxygens (including phenoxy) is 2. The molecule has 0 fully saturated rings. The van der Waals surface area contributed by atoms with Crippen molar-refractivity contribution < 1.29 is 19.1 Å². The second-order valence-electron chi connectivity index (χ2n) is 11.4. The maximum absolute atomic E-state index is 13.9. The summed E-state index contributed by atoms with van der Waals surface area (Å²) in [6.07, 6.45) is 3.38. The lowest BCUT2D eigenvalue weighted by atomic mass is 9.87. The van der Waals surface area contributed by atoms with Crippen LogP contribution in [0.5, 0.6) is 11.5 Å². The van der Waals surface area contributed by atoms with Gasteiger partial charge in [0, 0.05) is 29.9 Å². The molecule has 0 saturated heterocycles. The fraction of sp³-hybridized carbons (Fsp3) is 0.312. The summed E-state index contributed by atoms with van der Waals surface area (Å²) in [4.78, 5) is 32.9. The average molecular weight is 584 g/mol. The first-order valence-electron chi connectivity index (χ1n) is 13.9. The molecule has 1 N–H and O–H groups in total. The molecule has 6 rings (SSSR count). The van der Waals surface area contributed by atoms with E-state index in [9.17, 15) is 9.59 Å². The number of aromatic nitrogens is 3. The third kappa shape index (κ3) is 5.34. The van der Waals surface area contributed by atoms with E-state index in [4.69, 9.17) is 14.6 Å². The standard InChI is InChI=1S/C32H33N5O4S/c1-20-7-5-6-8-23(20)37-31-28(30(35-37)32(2,3)4)29(22-9-10-24-25(15-22)41-19-40-24)42-18-27(39)36(31)17-26(38)34-16-21-11-13-33-14-12-21/h5-15,29H,16-19H2,1-4H3,(H,34,38)/t29-/m1/s1. The summed E-state index contributed by atoms with van der Waals surface area (Å²) in [5.41, 5.74) is 5.22. The molecule has 2 aliphatic rings. The molecule has 0 spiro atoms. The van der Waals surface area contributed by atoms with Gasteiger partial charge in [-0.25, -0.2) is 4.68 Å². The van der Waals surface area contributed by atoms with Crippen LogP contribution in [0.15, 0.2) is 67.0 Å². The number of pyridine rings is 1. The lowest BCUT2D eigenvalue weighted by Crippen LogP contribution is -2.42. The largest absolute Gasteiger partial charge is 0.454 e. The van der Waals surface area contributed by atoms with Crippen LogP contribution >= 0.6 is 11.8 Å². The minimum absolute atomic E-state index is 0.132. The fourth-order valence-electron chi connectivity index (χ4n) is 5.28. The molecule has 216 valence electrons. The highest BCUT2D eigenvalue weighted by Crippen LogP contribution is 2.50. The van der Waals surface area contributed by atoms with E-state index in [-0.39, 0.29) is 41.6 Å². The molecule has 0 saturated carbocycles. The van der Waals surface area contributed by atoms with E-state index in [1.807, 2.05) is 66.2 Å². The molecule has 0 unspecified atom stereocenters. The van der Waals surface area contributed by atoms with Crippen molar-refractivity contribution in [2.75, 3.05) is 24.0 Å². The van der Waals surface area contributed by atoms with Crippen LogP contribution in [0.4, 0.5) is 5.82 Å². The molecular weight excluding hydrogens is 550 g/mol. The molecule has 4 aromatic rings. The number of carbonyl (C=O) groups is 2. The molecule has 2 amide bonds. The summed E-state index contributed by atoms with van der Waals surface area (Å²) < 4.78 is 13.1. The normalized spacial score (nSPS) is 16.2. The van der Waals surface area contributed by atoms with Crippen LogP contribution in [0.1, 0.15) is 54.0 Å². The van der Waals surface area contributed by atoms with Crippen LogP contribution in [0.25, 0.3) is 5.69 Å². The number of hydrogen-bond acceptors (Lipinski definition) is 7. The quantitative estimate of drug-likeness (QED) is 0.338. The molecule has 42 heavy (non-hydrogen) atoms. The van der Waals surface area contributed by atoms with Crippen LogP contribution in [0, 0.1) is 6.92 Å². The number of amides is 2. The van der Waals surface area contributed by atoms with Crippen molar-refractivity contribution >= 4 is 29.4 Å². The molecule has 2 aliphatic heterocycles. The third-order valence-corrected chi connectivity index (χ3v) is 8.64. The minimum atomic E-state index is -0.351. The summed E-state index contributed by atoms with van der Waals surface area (Å²) in [7, 11) is 0. The van der Waals surface area contributed by atoms with E-state index in [1.54, 1.807) is 17.3 Å². The number of rotatable bonds is 6. The topological polar surface area (TPSA) is 98.6 Å². The number of benzene rings is 2. The highest BCUT2D eigenvalue weighted by molar-refractivity contribution is 8.00. The van der Waals surface area contributed by atoms with Gasteiger partial charge in [-0.05, 0) is 53.9 Å². The Morgan fingerprint density at radius 1 is 1.07 bits per heavy atom. The number of fused-ring (bicyclic) bond motifs is 2. The zero-order valence-corrected chi connectivity index (χ0v) is 24.9. The van der Waals surface area contributed by atoms with Gasteiger partial charge in [-0.2, -0.15) is 5.10 Å². The maximum Gasteiger partial charge on any atom is 0.240 e. The molecule has 10 heteroatoms. The molecule has 1 atom stereocenters. The molecular formula is C32H33N5O4S. The Morgan fingerprint density at radius 3 is 2.60 bits per heavy atom. The zero-order chi connectivity index (χ0) is 29.4. The van der Waals surface area contributed by atoms with Gasteiger partial charge in [-0.15, -0.1) is 11.8 Å². The second kappa shape index (κ2) is 11.2. The van der Waals surface area contributed by atoms with Crippen molar-refractivity contribution in [3.63, 3.8) is 0 Å². The molecule has 2 aromatic heterocycles. The molecule has 0 aliphatic carbocycles. The lowest BCUT2D eigenvalue weighted by molar-refractivity contribution is -0.123. The van der Waals surface area contributed by atoms with E-state index < -0.39 is 0 Å². The van der Waals surface area contributed by atoms with Crippen LogP contribution in [0.2, 0.25) is 0 Å². The lowest BCUT2D eigenvalue weighted by Gasteiger charge is -2.25. The van der Waals surface area contributed by atoms with Crippen molar-refractivity contribution in [1.29, 1.82) is 0 Å². The molecule has 0 radical (unpaired) electrons. The molecule has 2 aromatic carbocycles. The van der Waals surface area contributed by atoms with Gasteiger partial charge < -0.3 is 14.8 Å². The molecule has 0 bridgehead atoms. The Labute approximate surface area is 249 Å². The van der Waals surface area contributed by atoms with Crippen molar-refractivity contribution in [2.45, 2.75) is 44.9 Å². The number of nitrogens with zero attached hydrogens (tertiary/aromatic N) is 4. The van der Waals surface area contributed by atoms with Crippen molar-refractivity contribution in [3.05, 3.63) is 94.9 Å². The van der Waals surface area contributed by atoms with Gasteiger partial charge >= 0.3 is 0 Å². The van der Waals surface area contributed by atoms with Crippen LogP contribution < -0.4 is 19.7 Å². The van der Waals surface area contributed by atoms with Crippen LogP contribution in [-0.4, -0.2) is 45.7 Å². The highest BCUT2D eigenvalue weighted by atomic mass is 32.2. The third-order valence-electron chi connectivity index (χ3n) is 7.38. The SMILES string of the molecule is Cc1ccccc1-n1nc(C(C)(C)C)c2c1N(CC(=O)NCc1ccncc1)C(=O)CS[C@@H]2c1ccc2c(c1)OCO2. The van der Waals surface area contributed by atoms with E-state index >= 15 is 0 Å². The molecule has 4 heterocycles. The van der Waals surface area contributed by atoms with Gasteiger partial charge in [0.1, 0.15) is 12.4 Å². The second-order valence-corrected chi connectivity index (χ2v) is 12.5. The van der Waals surface area contributed by atoms with Crippen LogP contribution in [0.3, 0.4) is 0 Å². The van der Waals surface area contributed by atoms with Crippen LogP contribution in [-0.2, 0) is 21.5 Å². The van der Waals surface area contributed by atoms with Gasteiger partial charge in [-0.3, -0.25) is 19.5 Å². The maximum atomic E-state index is 13.9. The fourth-order valence-corrected chi connectivity index (χ4v) is 6.47.